The van der Waals surface area contributed by atoms with E-state index in [-0.39, 0.29) is 11.6 Å². The van der Waals surface area contributed by atoms with Crippen molar-refractivity contribution in [3.8, 4) is 29.1 Å². The predicted molar refractivity (Wildman–Crippen MR) is 101 cm³/mol. The fourth-order valence-corrected chi connectivity index (χ4v) is 3.09. The number of phenols is 1. The number of ether oxygens (including phenoxy) is 3. The molecule has 0 amide bonds. The van der Waals surface area contributed by atoms with E-state index in [0.717, 1.165) is 17.5 Å². The zero-order chi connectivity index (χ0) is 19.4. The van der Waals surface area contributed by atoms with E-state index in [9.17, 15) is 10.4 Å². The average molecular weight is 366 g/mol. The lowest BCUT2D eigenvalue weighted by Crippen LogP contribution is -2.21. The Bertz CT molecular complexity index is 915. The second-order valence-electron chi connectivity index (χ2n) is 6.13. The molecule has 2 aromatic carbocycles. The highest BCUT2D eigenvalue weighted by Crippen LogP contribution is 2.44. The molecule has 3 rings (SSSR count). The van der Waals surface area contributed by atoms with Crippen LogP contribution < -0.4 is 19.9 Å². The van der Waals surface area contributed by atoms with Crippen LogP contribution in [-0.2, 0) is 0 Å². The Morgan fingerprint density at radius 3 is 2.67 bits per heavy atom. The summed E-state index contributed by atoms with van der Waals surface area (Å²) in [6.07, 6.45) is 0.891. The number of benzene rings is 2. The first kappa shape index (κ1) is 18.5. The van der Waals surface area contributed by atoms with E-state index in [1.807, 2.05) is 32.0 Å². The molecule has 0 radical (unpaired) electrons. The van der Waals surface area contributed by atoms with Crippen molar-refractivity contribution < 1.29 is 19.3 Å². The molecular weight excluding hydrogens is 344 g/mol. The molecular formula is C21H22N2O4. The van der Waals surface area contributed by atoms with Gasteiger partial charge in [-0.15, -0.1) is 0 Å². The minimum Gasteiger partial charge on any atom is -0.508 e. The number of aromatic hydroxyl groups is 1. The van der Waals surface area contributed by atoms with Crippen LogP contribution in [0.15, 0.2) is 47.9 Å². The topological polar surface area (TPSA) is 97.7 Å². The Morgan fingerprint density at radius 2 is 1.96 bits per heavy atom. The van der Waals surface area contributed by atoms with Gasteiger partial charge in [-0.25, -0.2) is 0 Å². The highest BCUT2D eigenvalue weighted by atomic mass is 16.5. The van der Waals surface area contributed by atoms with Crippen molar-refractivity contribution in [1.82, 2.24) is 0 Å². The summed E-state index contributed by atoms with van der Waals surface area (Å²) in [5.74, 6) is 1.39. The molecule has 6 heteroatoms. The second kappa shape index (κ2) is 7.92. The van der Waals surface area contributed by atoms with Crippen molar-refractivity contribution in [2.45, 2.75) is 26.2 Å². The standard InChI is InChI=1S/C21H22N2O4/c1-3-9-26-17-8-5-13(10-19(17)25-4-2)20-15-7-6-14(24)11-18(15)27-21(23)16(20)12-22/h5-8,10-11,20,24H,3-4,9,23H2,1-2H3/t20-/m1/s1. The van der Waals surface area contributed by atoms with Crippen LogP contribution >= 0.6 is 0 Å². The van der Waals surface area contributed by atoms with E-state index in [0.29, 0.717) is 36.0 Å². The van der Waals surface area contributed by atoms with E-state index in [1.54, 1.807) is 12.1 Å². The van der Waals surface area contributed by atoms with Crippen LogP contribution in [0.5, 0.6) is 23.0 Å². The summed E-state index contributed by atoms with van der Waals surface area (Å²) in [6.45, 7) is 5.03. The molecule has 0 saturated carbocycles. The minimum atomic E-state index is -0.418. The Morgan fingerprint density at radius 1 is 1.15 bits per heavy atom. The molecule has 0 bridgehead atoms. The second-order valence-corrected chi connectivity index (χ2v) is 6.13. The first-order chi connectivity index (χ1) is 13.1. The number of nitriles is 1. The van der Waals surface area contributed by atoms with Crippen molar-refractivity contribution in [3.63, 3.8) is 0 Å². The number of hydrogen-bond donors (Lipinski definition) is 2. The van der Waals surface area contributed by atoms with Gasteiger partial charge in [0.05, 0.1) is 19.1 Å². The van der Waals surface area contributed by atoms with Crippen LogP contribution in [0.1, 0.15) is 37.3 Å². The van der Waals surface area contributed by atoms with Crippen molar-refractivity contribution in [2.75, 3.05) is 13.2 Å². The molecule has 1 heterocycles. The molecule has 1 atom stereocenters. The fourth-order valence-electron chi connectivity index (χ4n) is 3.09. The van der Waals surface area contributed by atoms with Crippen LogP contribution in [0, 0.1) is 11.3 Å². The van der Waals surface area contributed by atoms with Gasteiger partial charge in [0.2, 0.25) is 5.88 Å². The van der Waals surface area contributed by atoms with E-state index in [4.69, 9.17) is 19.9 Å². The Hall–Kier alpha value is -3.33. The van der Waals surface area contributed by atoms with Gasteiger partial charge in [-0.2, -0.15) is 5.26 Å². The average Bonchev–Trinajstić information content (AvgIpc) is 2.66. The number of nitrogens with zero attached hydrogens (tertiary/aromatic N) is 1. The number of fused-ring (bicyclic) bond motifs is 1. The molecule has 2 aromatic rings. The van der Waals surface area contributed by atoms with Gasteiger partial charge in [0, 0.05) is 11.6 Å². The van der Waals surface area contributed by atoms with Crippen molar-refractivity contribution in [1.29, 1.82) is 5.26 Å². The van der Waals surface area contributed by atoms with Crippen LogP contribution in [0.2, 0.25) is 0 Å². The molecule has 0 fully saturated rings. The molecule has 27 heavy (non-hydrogen) atoms. The number of rotatable bonds is 6. The Balaban J connectivity index is 2.11. The molecule has 0 unspecified atom stereocenters. The lowest BCUT2D eigenvalue weighted by Gasteiger charge is -2.27. The molecule has 0 aromatic heterocycles. The summed E-state index contributed by atoms with van der Waals surface area (Å²) in [4.78, 5) is 0. The highest BCUT2D eigenvalue weighted by Gasteiger charge is 2.31. The minimum absolute atomic E-state index is 0.0323. The third-order valence-electron chi connectivity index (χ3n) is 4.27. The van der Waals surface area contributed by atoms with Crippen LogP contribution in [0.4, 0.5) is 0 Å². The maximum Gasteiger partial charge on any atom is 0.205 e. The van der Waals surface area contributed by atoms with Gasteiger partial charge < -0.3 is 25.1 Å². The third kappa shape index (κ3) is 3.63. The van der Waals surface area contributed by atoms with Crippen molar-refractivity contribution in [3.05, 3.63) is 59.0 Å². The largest absolute Gasteiger partial charge is 0.508 e. The number of allylic oxidation sites excluding steroid dienone is 1. The summed E-state index contributed by atoms with van der Waals surface area (Å²) in [5.41, 5.74) is 7.87. The summed E-state index contributed by atoms with van der Waals surface area (Å²) >= 11 is 0. The van der Waals surface area contributed by atoms with Crippen LogP contribution in [0.25, 0.3) is 0 Å². The van der Waals surface area contributed by atoms with Gasteiger partial charge in [-0.1, -0.05) is 19.1 Å². The zero-order valence-corrected chi connectivity index (χ0v) is 15.4. The van der Waals surface area contributed by atoms with Crippen LogP contribution in [0.3, 0.4) is 0 Å². The molecule has 6 nitrogen and oxygen atoms in total. The fraction of sp³-hybridized carbons (Fsp3) is 0.286. The first-order valence-corrected chi connectivity index (χ1v) is 8.89. The number of hydrogen-bond acceptors (Lipinski definition) is 6. The summed E-state index contributed by atoms with van der Waals surface area (Å²) in [5, 5.41) is 19.4. The van der Waals surface area contributed by atoms with Gasteiger partial charge in [-0.3, -0.25) is 0 Å². The molecule has 0 spiro atoms. The lowest BCUT2D eigenvalue weighted by molar-refractivity contribution is 0.276. The third-order valence-corrected chi connectivity index (χ3v) is 4.27. The molecule has 0 saturated heterocycles. The quantitative estimate of drug-likeness (QED) is 0.807. The Kier molecular flexibility index (Phi) is 5.41. The SMILES string of the molecule is CCCOc1ccc([C@H]2C(C#N)=C(N)Oc3cc(O)ccc32)cc1OCC. The lowest BCUT2D eigenvalue weighted by atomic mass is 9.83. The molecule has 140 valence electrons. The van der Waals surface area contributed by atoms with E-state index in [2.05, 4.69) is 6.07 Å². The van der Waals surface area contributed by atoms with Gasteiger partial charge in [0.1, 0.15) is 23.1 Å². The zero-order valence-electron chi connectivity index (χ0n) is 15.4. The predicted octanol–water partition coefficient (Wildman–Crippen LogP) is 3.80. The maximum atomic E-state index is 9.75. The number of phenolic OH excluding ortho intramolecular Hbond substituents is 1. The van der Waals surface area contributed by atoms with Crippen LogP contribution in [-0.4, -0.2) is 18.3 Å². The van der Waals surface area contributed by atoms with Gasteiger partial charge in [-0.05, 0) is 37.1 Å². The Labute approximate surface area is 158 Å². The normalized spacial score (nSPS) is 15.5. The molecule has 1 aliphatic heterocycles. The molecule has 0 aliphatic carbocycles. The first-order valence-electron chi connectivity index (χ1n) is 8.89. The van der Waals surface area contributed by atoms with Gasteiger partial charge in [0.15, 0.2) is 11.5 Å². The summed E-state index contributed by atoms with van der Waals surface area (Å²) in [6, 6.07) is 12.5. The van der Waals surface area contributed by atoms with Crippen molar-refractivity contribution >= 4 is 0 Å². The molecule has 3 N–H and O–H groups in total. The van der Waals surface area contributed by atoms with E-state index < -0.39 is 5.92 Å². The highest BCUT2D eigenvalue weighted by molar-refractivity contribution is 5.58. The number of nitrogens with two attached hydrogens (primary N) is 1. The van der Waals surface area contributed by atoms with Gasteiger partial charge in [0.25, 0.3) is 0 Å². The monoisotopic (exact) mass is 366 g/mol. The summed E-state index contributed by atoms with van der Waals surface area (Å²) in [7, 11) is 0. The van der Waals surface area contributed by atoms with Gasteiger partial charge >= 0.3 is 0 Å². The molecule has 1 aliphatic rings. The van der Waals surface area contributed by atoms with E-state index >= 15 is 0 Å². The van der Waals surface area contributed by atoms with Crippen molar-refractivity contribution in [2.24, 2.45) is 5.73 Å². The maximum absolute atomic E-state index is 9.75. The van der Waals surface area contributed by atoms with E-state index in [1.165, 1.54) is 6.07 Å². The smallest absolute Gasteiger partial charge is 0.205 e. The summed E-state index contributed by atoms with van der Waals surface area (Å²) < 4.78 is 17.0.